The molecule has 5 aromatic carbocycles. The van der Waals surface area contributed by atoms with Crippen LogP contribution in [0.4, 0.5) is 0 Å². The zero-order valence-electron chi connectivity index (χ0n) is 19.1. The summed E-state index contributed by atoms with van der Waals surface area (Å²) in [5, 5.41) is 1.07. The molecule has 0 saturated heterocycles. The van der Waals surface area contributed by atoms with Crippen molar-refractivity contribution in [3.8, 4) is 39.1 Å². The second-order valence-electron chi connectivity index (χ2n) is 8.81. The highest BCUT2D eigenvalue weighted by Crippen LogP contribution is 2.42. The Labute approximate surface area is 208 Å². The number of para-hydroxylation sites is 1. The van der Waals surface area contributed by atoms with Gasteiger partial charge in [0.15, 0.2) is 5.16 Å². The molecule has 1 aromatic heterocycles. The normalized spacial score (nSPS) is 12.3. The Morgan fingerprint density at radius 3 is 1.97 bits per heavy atom. The van der Waals surface area contributed by atoms with Crippen LogP contribution in [0.25, 0.3) is 50.1 Å². The molecule has 1 aliphatic rings. The van der Waals surface area contributed by atoms with Crippen LogP contribution in [0, 0.1) is 0 Å². The van der Waals surface area contributed by atoms with Crippen LogP contribution >= 0.6 is 11.8 Å². The van der Waals surface area contributed by atoms with E-state index in [1.54, 1.807) is 0 Å². The molecule has 2 heterocycles. The van der Waals surface area contributed by atoms with E-state index < -0.39 is 0 Å². The van der Waals surface area contributed by atoms with Gasteiger partial charge in [-0.3, -0.25) is 4.57 Å². The first kappa shape index (κ1) is 20.3. The van der Waals surface area contributed by atoms with Crippen molar-refractivity contribution < 1.29 is 0 Å². The van der Waals surface area contributed by atoms with Gasteiger partial charge in [0.2, 0.25) is 0 Å². The van der Waals surface area contributed by atoms with Gasteiger partial charge in [0, 0.05) is 5.75 Å². The zero-order valence-corrected chi connectivity index (χ0v) is 19.9. The van der Waals surface area contributed by atoms with Gasteiger partial charge in [-0.05, 0) is 57.1 Å². The smallest absolute Gasteiger partial charge is 0.174 e. The van der Waals surface area contributed by atoms with Crippen molar-refractivity contribution in [3.05, 3.63) is 127 Å². The molecule has 0 radical (unpaired) electrons. The maximum atomic E-state index is 4.97. The third-order valence-electron chi connectivity index (χ3n) is 6.74. The quantitative estimate of drug-likeness (QED) is 0.260. The molecule has 0 aliphatic carbocycles. The summed E-state index contributed by atoms with van der Waals surface area (Å²) in [6.07, 6.45) is 0. The van der Waals surface area contributed by atoms with Crippen molar-refractivity contribution >= 4 is 22.8 Å². The third-order valence-corrected chi connectivity index (χ3v) is 7.72. The van der Waals surface area contributed by atoms with Crippen LogP contribution in [-0.2, 0) is 5.75 Å². The summed E-state index contributed by atoms with van der Waals surface area (Å²) in [6, 6.07) is 43.4. The SMILES string of the molecule is c1ccc(-c2cccc(-c3ccccc3)c2-c2ccc3nc4n(c3c2)-c2ccccc2CS4)cc1. The van der Waals surface area contributed by atoms with Crippen LogP contribution in [0.15, 0.2) is 126 Å². The number of imidazole rings is 1. The molecule has 0 fully saturated rings. The van der Waals surface area contributed by atoms with Crippen molar-refractivity contribution in [2.24, 2.45) is 0 Å². The highest BCUT2D eigenvalue weighted by Gasteiger charge is 2.22. The first-order valence-electron chi connectivity index (χ1n) is 11.8. The molecule has 3 heteroatoms. The zero-order chi connectivity index (χ0) is 23.2. The molecule has 0 saturated carbocycles. The fourth-order valence-electron chi connectivity index (χ4n) is 5.11. The lowest BCUT2D eigenvalue weighted by Crippen LogP contribution is -2.05. The van der Waals surface area contributed by atoms with Crippen molar-refractivity contribution in [2.45, 2.75) is 10.9 Å². The van der Waals surface area contributed by atoms with E-state index >= 15 is 0 Å². The molecular weight excluding hydrogens is 444 g/mol. The van der Waals surface area contributed by atoms with Crippen LogP contribution in [0.1, 0.15) is 5.56 Å². The first-order valence-corrected chi connectivity index (χ1v) is 12.8. The van der Waals surface area contributed by atoms with E-state index in [-0.39, 0.29) is 0 Å². The molecule has 6 aromatic rings. The topological polar surface area (TPSA) is 17.8 Å². The summed E-state index contributed by atoms with van der Waals surface area (Å²) >= 11 is 1.81. The van der Waals surface area contributed by atoms with Gasteiger partial charge >= 0.3 is 0 Å². The number of hydrogen-bond acceptors (Lipinski definition) is 2. The summed E-state index contributed by atoms with van der Waals surface area (Å²) < 4.78 is 2.33. The second-order valence-corrected chi connectivity index (χ2v) is 9.75. The monoisotopic (exact) mass is 466 g/mol. The van der Waals surface area contributed by atoms with Crippen LogP contribution in [0.3, 0.4) is 0 Å². The average molecular weight is 467 g/mol. The molecule has 0 atom stereocenters. The largest absolute Gasteiger partial charge is 0.287 e. The molecular formula is C32H22N2S. The van der Waals surface area contributed by atoms with E-state index in [2.05, 4.69) is 126 Å². The molecule has 1 aliphatic heterocycles. The summed E-state index contributed by atoms with van der Waals surface area (Å²) in [5.41, 5.74) is 12.1. The molecule has 0 spiro atoms. The second kappa shape index (κ2) is 8.30. The van der Waals surface area contributed by atoms with Gasteiger partial charge < -0.3 is 0 Å². The van der Waals surface area contributed by atoms with Crippen molar-refractivity contribution in [3.63, 3.8) is 0 Å². The predicted molar refractivity (Wildman–Crippen MR) is 147 cm³/mol. The number of benzene rings is 5. The Morgan fingerprint density at radius 2 is 1.26 bits per heavy atom. The maximum Gasteiger partial charge on any atom is 0.174 e. The number of fused-ring (bicyclic) bond motifs is 5. The Hall–Kier alpha value is -4.08. The summed E-state index contributed by atoms with van der Waals surface area (Å²) in [7, 11) is 0. The van der Waals surface area contributed by atoms with Crippen LogP contribution in [0.5, 0.6) is 0 Å². The van der Waals surface area contributed by atoms with Gasteiger partial charge in [0.05, 0.1) is 16.7 Å². The molecule has 0 amide bonds. The van der Waals surface area contributed by atoms with Gasteiger partial charge in [-0.15, -0.1) is 0 Å². The Bertz CT molecular complexity index is 1630. The molecule has 2 nitrogen and oxygen atoms in total. The van der Waals surface area contributed by atoms with Crippen molar-refractivity contribution in [1.29, 1.82) is 0 Å². The van der Waals surface area contributed by atoms with Gasteiger partial charge in [-0.2, -0.15) is 0 Å². The number of hydrogen-bond donors (Lipinski definition) is 0. The van der Waals surface area contributed by atoms with Gasteiger partial charge in [0.25, 0.3) is 0 Å². The van der Waals surface area contributed by atoms with Gasteiger partial charge in [-0.25, -0.2) is 4.98 Å². The number of thioether (sulfide) groups is 1. The maximum absolute atomic E-state index is 4.97. The van der Waals surface area contributed by atoms with Gasteiger partial charge in [-0.1, -0.05) is 115 Å². The summed E-state index contributed by atoms with van der Waals surface area (Å²) in [6.45, 7) is 0. The average Bonchev–Trinajstić information content (AvgIpc) is 3.32. The Kier molecular flexibility index (Phi) is 4.81. The fraction of sp³-hybridized carbons (Fsp3) is 0.0312. The minimum absolute atomic E-state index is 0.960. The number of nitrogens with zero attached hydrogens (tertiary/aromatic N) is 2. The number of aromatic nitrogens is 2. The van der Waals surface area contributed by atoms with Crippen LogP contribution in [-0.4, -0.2) is 9.55 Å². The van der Waals surface area contributed by atoms with E-state index in [4.69, 9.17) is 4.98 Å². The first-order chi connectivity index (χ1) is 17.4. The molecule has 7 rings (SSSR count). The lowest BCUT2D eigenvalue weighted by atomic mass is 9.87. The Morgan fingerprint density at radius 1 is 0.600 bits per heavy atom. The molecule has 0 bridgehead atoms. The van der Waals surface area contributed by atoms with E-state index in [1.807, 2.05) is 11.8 Å². The Balaban J connectivity index is 1.52. The van der Waals surface area contributed by atoms with Gasteiger partial charge in [0.1, 0.15) is 0 Å². The lowest BCUT2D eigenvalue weighted by Gasteiger charge is -2.19. The van der Waals surface area contributed by atoms with Crippen LogP contribution < -0.4 is 0 Å². The van der Waals surface area contributed by atoms with E-state index in [0.717, 1.165) is 21.9 Å². The molecule has 35 heavy (non-hydrogen) atoms. The number of rotatable bonds is 3. The summed E-state index contributed by atoms with van der Waals surface area (Å²) in [4.78, 5) is 4.97. The predicted octanol–water partition coefficient (Wildman–Crippen LogP) is 8.63. The third kappa shape index (κ3) is 3.39. The van der Waals surface area contributed by atoms with E-state index in [0.29, 0.717) is 0 Å². The van der Waals surface area contributed by atoms with Crippen molar-refractivity contribution in [1.82, 2.24) is 9.55 Å². The van der Waals surface area contributed by atoms with E-state index in [1.165, 1.54) is 44.6 Å². The molecule has 0 N–H and O–H groups in total. The highest BCUT2D eigenvalue weighted by atomic mass is 32.2. The molecule has 0 unspecified atom stereocenters. The highest BCUT2D eigenvalue weighted by molar-refractivity contribution is 7.98. The van der Waals surface area contributed by atoms with Crippen LogP contribution in [0.2, 0.25) is 0 Å². The van der Waals surface area contributed by atoms with E-state index in [9.17, 15) is 0 Å². The minimum Gasteiger partial charge on any atom is -0.287 e. The molecule has 166 valence electrons. The summed E-state index contributed by atoms with van der Waals surface area (Å²) in [5.74, 6) is 0.960. The van der Waals surface area contributed by atoms with Crippen molar-refractivity contribution in [2.75, 3.05) is 0 Å². The lowest BCUT2D eigenvalue weighted by molar-refractivity contribution is 0.894. The standard InChI is InChI=1S/C32H22N2S/c1-3-10-22(11-4-1)26-15-9-16-27(23-12-5-2-6-13-23)31(26)24-18-19-28-30(20-24)34-29-17-8-7-14-25(29)21-35-32(34)33-28/h1-20H,21H2. The minimum atomic E-state index is 0.960. The fourth-order valence-corrected chi connectivity index (χ4v) is 6.13.